The van der Waals surface area contributed by atoms with Crippen LogP contribution < -0.4 is 5.32 Å². The van der Waals surface area contributed by atoms with Crippen molar-refractivity contribution < 1.29 is 4.74 Å². The number of ether oxygens (including phenoxy) is 1. The van der Waals surface area contributed by atoms with Crippen LogP contribution in [0.15, 0.2) is 6.20 Å². The first-order chi connectivity index (χ1) is 6.21. The molecule has 4 nitrogen and oxygen atoms in total. The Morgan fingerprint density at radius 2 is 2.62 bits per heavy atom. The Kier molecular flexibility index (Phi) is 2.09. The zero-order valence-corrected chi connectivity index (χ0v) is 7.92. The summed E-state index contributed by atoms with van der Waals surface area (Å²) in [5, 5.41) is 9.89. The molecule has 2 atom stereocenters. The fourth-order valence-corrected chi connectivity index (χ4v) is 1.69. The van der Waals surface area contributed by atoms with Crippen LogP contribution in [0.2, 0.25) is 0 Å². The molecule has 0 aromatic carbocycles. The number of nitrogens with zero attached hydrogens (tertiary/aromatic N) is 1. The number of morpholine rings is 1. The molecule has 1 aromatic rings. The molecule has 1 radical (unpaired) electrons. The Hall–Kier alpha value is -0.870. The van der Waals surface area contributed by atoms with Crippen LogP contribution >= 0.6 is 0 Å². The summed E-state index contributed by atoms with van der Waals surface area (Å²) in [4.78, 5) is 0. The van der Waals surface area contributed by atoms with Crippen molar-refractivity contribution in [3.63, 3.8) is 0 Å². The molecule has 0 saturated carbocycles. The van der Waals surface area contributed by atoms with E-state index in [4.69, 9.17) is 4.74 Å². The van der Waals surface area contributed by atoms with Gasteiger partial charge in [0.25, 0.3) is 0 Å². The van der Waals surface area contributed by atoms with Gasteiger partial charge < -0.3 is 10.1 Å². The highest BCUT2D eigenvalue weighted by Crippen LogP contribution is 2.27. The Labute approximate surface area is 77.7 Å². The fraction of sp³-hybridized carbons (Fsp3) is 0.667. The first-order valence-electron chi connectivity index (χ1n) is 4.51. The number of aromatic amines is 1. The zero-order valence-electron chi connectivity index (χ0n) is 7.92. The van der Waals surface area contributed by atoms with Crippen LogP contribution in [0.1, 0.15) is 19.4 Å². The van der Waals surface area contributed by atoms with Crippen molar-refractivity contribution in [1.82, 2.24) is 15.5 Å². The maximum absolute atomic E-state index is 5.86. The van der Waals surface area contributed by atoms with Crippen molar-refractivity contribution in [2.45, 2.75) is 25.6 Å². The van der Waals surface area contributed by atoms with Crippen LogP contribution in [0.4, 0.5) is 0 Å². The molecule has 1 aromatic heterocycles. The van der Waals surface area contributed by atoms with E-state index in [1.165, 1.54) is 0 Å². The summed E-state index contributed by atoms with van der Waals surface area (Å²) in [5.41, 5.74) is 0.691. The molecule has 4 heteroatoms. The number of rotatable bonds is 1. The number of H-pyrrole nitrogens is 1. The lowest BCUT2D eigenvalue weighted by Gasteiger charge is -2.37. The summed E-state index contributed by atoms with van der Waals surface area (Å²) >= 11 is 0. The highest BCUT2D eigenvalue weighted by Gasteiger charge is 2.33. The smallest absolute Gasteiger partial charge is 0.107 e. The second-order valence-corrected chi connectivity index (χ2v) is 3.70. The van der Waals surface area contributed by atoms with Gasteiger partial charge in [-0.25, -0.2) is 0 Å². The molecule has 1 aliphatic rings. The van der Waals surface area contributed by atoms with E-state index < -0.39 is 0 Å². The van der Waals surface area contributed by atoms with Crippen molar-refractivity contribution >= 4 is 0 Å². The van der Waals surface area contributed by atoms with Gasteiger partial charge in [0, 0.05) is 18.7 Å². The fourth-order valence-electron chi connectivity index (χ4n) is 1.69. The van der Waals surface area contributed by atoms with Crippen molar-refractivity contribution in [3.05, 3.63) is 18.0 Å². The minimum atomic E-state index is -0.287. The lowest BCUT2D eigenvalue weighted by molar-refractivity contribution is -0.103. The molecule has 2 N–H and O–H groups in total. The normalized spacial score (nSPS) is 34.8. The summed E-state index contributed by atoms with van der Waals surface area (Å²) in [5.74, 6) is 0. The standard InChI is InChI=1S/C9H14N3O/c1-7-3-10-6-9(2,13-7)8-4-11-12-5-8/h4,7,10H,3,6H2,1-2H3,(H,11,12)/t7-,9+/m1/s1. The highest BCUT2D eigenvalue weighted by molar-refractivity contribution is 5.14. The second-order valence-electron chi connectivity index (χ2n) is 3.70. The SMILES string of the molecule is C[C@@H]1CNC[C@@](C)(c2[c][nH]nc2)O1. The number of hydrogen-bond donors (Lipinski definition) is 2. The minimum Gasteiger partial charge on any atom is -0.365 e. The largest absolute Gasteiger partial charge is 0.365 e. The molecule has 1 aliphatic heterocycles. The van der Waals surface area contributed by atoms with Gasteiger partial charge in [0.15, 0.2) is 0 Å². The summed E-state index contributed by atoms with van der Waals surface area (Å²) < 4.78 is 5.86. The van der Waals surface area contributed by atoms with Gasteiger partial charge in [-0.05, 0) is 13.8 Å². The van der Waals surface area contributed by atoms with E-state index >= 15 is 0 Å². The number of aromatic nitrogens is 2. The lowest BCUT2D eigenvalue weighted by atomic mass is 9.97. The van der Waals surface area contributed by atoms with Gasteiger partial charge in [0.05, 0.1) is 18.5 Å². The topological polar surface area (TPSA) is 49.9 Å². The van der Waals surface area contributed by atoms with Crippen LogP contribution in [0.5, 0.6) is 0 Å². The lowest BCUT2D eigenvalue weighted by Crippen LogP contribution is -2.49. The molecule has 13 heavy (non-hydrogen) atoms. The van der Waals surface area contributed by atoms with Crippen molar-refractivity contribution in [2.75, 3.05) is 13.1 Å². The molecular formula is C9H14N3O. The monoisotopic (exact) mass is 180 g/mol. The van der Waals surface area contributed by atoms with Gasteiger partial charge >= 0.3 is 0 Å². The minimum absolute atomic E-state index is 0.238. The molecule has 0 spiro atoms. The Balaban J connectivity index is 2.20. The predicted octanol–water partition coefficient (Wildman–Crippen LogP) is 0.433. The third kappa shape index (κ3) is 1.59. The molecule has 71 valence electrons. The molecule has 0 amide bonds. The van der Waals surface area contributed by atoms with Crippen LogP contribution in [-0.2, 0) is 10.3 Å². The van der Waals surface area contributed by atoms with Gasteiger partial charge in [0.2, 0.25) is 0 Å². The Morgan fingerprint density at radius 1 is 1.77 bits per heavy atom. The van der Waals surface area contributed by atoms with E-state index in [0.29, 0.717) is 0 Å². The second kappa shape index (κ2) is 3.12. The van der Waals surface area contributed by atoms with Crippen molar-refractivity contribution in [1.29, 1.82) is 0 Å². The quantitative estimate of drug-likeness (QED) is 0.659. The van der Waals surface area contributed by atoms with E-state index in [0.717, 1.165) is 18.7 Å². The van der Waals surface area contributed by atoms with Gasteiger partial charge in [-0.2, -0.15) is 5.10 Å². The summed E-state index contributed by atoms with van der Waals surface area (Å²) in [7, 11) is 0. The van der Waals surface area contributed by atoms with E-state index in [-0.39, 0.29) is 11.7 Å². The number of hydrogen-bond acceptors (Lipinski definition) is 3. The van der Waals surface area contributed by atoms with Crippen molar-refractivity contribution in [2.24, 2.45) is 0 Å². The molecule has 0 bridgehead atoms. The first kappa shape index (κ1) is 8.72. The maximum Gasteiger partial charge on any atom is 0.107 e. The average molecular weight is 180 g/mol. The van der Waals surface area contributed by atoms with Crippen LogP contribution in [-0.4, -0.2) is 29.4 Å². The molecule has 0 unspecified atom stereocenters. The summed E-state index contributed by atoms with van der Waals surface area (Å²) in [6.07, 6.45) is 4.97. The van der Waals surface area contributed by atoms with Crippen molar-refractivity contribution in [3.8, 4) is 0 Å². The van der Waals surface area contributed by atoms with Crippen LogP contribution in [0.3, 0.4) is 0 Å². The third-order valence-corrected chi connectivity index (χ3v) is 2.37. The Morgan fingerprint density at radius 3 is 3.23 bits per heavy atom. The van der Waals surface area contributed by atoms with Gasteiger partial charge in [-0.15, -0.1) is 0 Å². The van der Waals surface area contributed by atoms with Gasteiger partial charge in [0.1, 0.15) is 5.60 Å². The average Bonchev–Trinajstić information content (AvgIpc) is 2.55. The van der Waals surface area contributed by atoms with E-state index in [1.54, 1.807) is 6.20 Å². The van der Waals surface area contributed by atoms with E-state index in [2.05, 4.69) is 35.6 Å². The first-order valence-corrected chi connectivity index (χ1v) is 4.51. The molecular weight excluding hydrogens is 166 g/mol. The Bertz CT molecular complexity index is 272. The van der Waals surface area contributed by atoms with Gasteiger partial charge in [-0.1, -0.05) is 0 Å². The van der Waals surface area contributed by atoms with E-state index in [9.17, 15) is 0 Å². The highest BCUT2D eigenvalue weighted by atomic mass is 16.5. The molecule has 2 heterocycles. The molecule has 1 saturated heterocycles. The van der Waals surface area contributed by atoms with E-state index in [1.807, 2.05) is 0 Å². The zero-order chi connectivity index (χ0) is 9.31. The molecule has 0 aliphatic carbocycles. The van der Waals surface area contributed by atoms with Crippen LogP contribution in [0.25, 0.3) is 0 Å². The number of nitrogens with one attached hydrogen (secondary N) is 2. The van der Waals surface area contributed by atoms with Crippen LogP contribution in [0, 0.1) is 6.20 Å². The summed E-state index contributed by atoms with van der Waals surface area (Å²) in [6.45, 7) is 5.84. The van der Waals surface area contributed by atoms with Gasteiger partial charge in [-0.3, -0.25) is 5.10 Å². The predicted molar refractivity (Wildman–Crippen MR) is 48.2 cm³/mol. The third-order valence-electron chi connectivity index (χ3n) is 2.37. The summed E-state index contributed by atoms with van der Waals surface area (Å²) in [6, 6.07) is 0. The molecule has 1 fully saturated rings. The maximum atomic E-state index is 5.86. The molecule has 2 rings (SSSR count).